The number of benzene rings is 1. The fourth-order valence-corrected chi connectivity index (χ4v) is 3.33. The van der Waals surface area contributed by atoms with E-state index in [-0.39, 0.29) is 19.1 Å². The first-order valence-corrected chi connectivity index (χ1v) is 8.57. The summed E-state index contributed by atoms with van der Waals surface area (Å²) in [7, 11) is 0. The van der Waals surface area contributed by atoms with Crippen LogP contribution in [0.4, 0.5) is 0 Å². The normalized spacial score (nSPS) is 20.7. The Bertz CT molecular complexity index is 860. The Morgan fingerprint density at radius 2 is 2.08 bits per heavy atom. The second kappa shape index (κ2) is 6.11. The molecule has 6 heteroatoms. The van der Waals surface area contributed by atoms with Crippen LogP contribution >= 0.6 is 0 Å². The zero-order chi connectivity index (χ0) is 17.6. The molecule has 1 atom stereocenters. The van der Waals surface area contributed by atoms with Crippen LogP contribution in [0.2, 0.25) is 0 Å². The lowest BCUT2D eigenvalue weighted by atomic mass is 10.0. The molecule has 4 rings (SSSR count). The average molecular weight is 340 g/mol. The molecule has 130 valence electrons. The Hall–Kier alpha value is -2.47. The number of aromatic nitrogens is 1. The van der Waals surface area contributed by atoms with Crippen LogP contribution in [0.1, 0.15) is 40.4 Å². The first kappa shape index (κ1) is 16.0. The number of carbonyl (C=O) groups is 2. The average Bonchev–Trinajstić information content (AvgIpc) is 3.45. The zero-order valence-electron chi connectivity index (χ0n) is 14.1. The van der Waals surface area contributed by atoms with Gasteiger partial charge in [-0.3, -0.25) is 9.78 Å². The van der Waals surface area contributed by atoms with Gasteiger partial charge in [0.05, 0.1) is 24.3 Å². The van der Waals surface area contributed by atoms with Gasteiger partial charge in [0.2, 0.25) is 0 Å². The highest BCUT2D eigenvalue weighted by molar-refractivity contribution is 6.07. The van der Waals surface area contributed by atoms with E-state index in [4.69, 9.17) is 9.72 Å². The number of nitrogens with zero attached hydrogens (tertiary/aromatic N) is 2. The summed E-state index contributed by atoms with van der Waals surface area (Å²) in [6, 6.07) is 6.77. The number of carbonyl (C=O) groups excluding carboxylic acids is 1. The minimum atomic E-state index is -1.04. The molecular formula is C19H20N2O4. The van der Waals surface area contributed by atoms with Gasteiger partial charge in [-0.1, -0.05) is 11.6 Å². The van der Waals surface area contributed by atoms with E-state index >= 15 is 0 Å². The molecule has 2 aromatic rings. The van der Waals surface area contributed by atoms with E-state index in [2.05, 4.69) is 0 Å². The summed E-state index contributed by atoms with van der Waals surface area (Å²) < 4.78 is 5.25. The lowest BCUT2D eigenvalue weighted by Gasteiger charge is -2.33. The highest BCUT2D eigenvalue weighted by Gasteiger charge is 2.35. The van der Waals surface area contributed by atoms with E-state index in [1.54, 1.807) is 0 Å². The van der Waals surface area contributed by atoms with Gasteiger partial charge in [-0.15, -0.1) is 0 Å². The second-order valence-electron chi connectivity index (χ2n) is 6.82. The number of hydrogen-bond donors (Lipinski definition) is 1. The van der Waals surface area contributed by atoms with Crippen molar-refractivity contribution in [3.05, 3.63) is 41.1 Å². The van der Waals surface area contributed by atoms with Crippen molar-refractivity contribution in [2.75, 3.05) is 19.8 Å². The van der Waals surface area contributed by atoms with Crippen LogP contribution < -0.4 is 0 Å². The van der Waals surface area contributed by atoms with Crippen molar-refractivity contribution in [2.45, 2.75) is 31.7 Å². The Balaban J connectivity index is 1.82. The fourth-order valence-electron chi connectivity index (χ4n) is 3.33. The van der Waals surface area contributed by atoms with Gasteiger partial charge in [0, 0.05) is 23.5 Å². The summed E-state index contributed by atoms with van der Waals surface area (Å²) >= 11 is 0. The molecule has 2 aliphatic rings. The number of carboxylic acids is 1. The van der Waals surface area contributed by atoms with Crippen molar-refractivity contribution in [3.8, 4) is 0 Å². The van der Waals surface area contributed by atoms with Gasteiger partial charge in [-0.2, -0.15) is 0 Å². The summed E-state index contributed by atoms with van der Waals surface area (Å²) in [6.45, 7) is 2.63. The van der Waals surface area contributed by atoms with Crippen molar-refractivity contribution >= 4 is 22.8 Å². The Morgan fingerprint density at radius 3 is 2.80 bits per heavy atom. The minimum Gasteiger partial charge on any atom is -0.480 e. The molecular weight excluding hydrogens is 320 g/mol. The largest absolute Gasteiger partial charge is 0.480 e. The van der Waals surface area contributed by atoms with Crippen molar-refractivity contribution in [1.82, 2.24) is 9.88 Å². The Labute approximate surface area is 145 Å². The van der Waals surface area contributed by atoms with E-state index in [0.29, 0.717) is 18.1 Å². The molecule has 1 amide bonds. The summed E-state index contributed by atoms with van der Waals surface area (Å²) in [4.78, 5) is 30.9. The molecule has 1 aliphatic carbocycles. The predicted octanol–water partition coefficient (Wildman–Crippen LogP) is 2.35. The first-order valence-electron chi connectivity index (χ1n) is 8.57. The molecule has 1 aromatic carbocycles. The van der Waals surface area contributed by atoms with Gasteiger partial charge in [0.1, 0.15) is 0 Å². The molecule has 6 nitrogen and oxygen atoms in total. The number of morpholine rings is 1. The summed E-state index contributed by atoms with van der Waals surface area (Å²) in [5.41, 5.74) is 3.31. The molecule has 0 radical (unpaired) electrons. The number of ether oxygens (including phenoxy) is 1. The van der Waals surface area contributed by atoms with Gasteiger partial charge < -0.3 is 14.7 Å². The molecule has 1 N–H and O–H groups in total. The number of pyridine rings is 1. The number of aliphatic carboxylic acids is 1. The Kier molecular flexibility index (Phi) is 3.92. The van der Waals surface area contributed by atoms with E-state index in [0.717, 1.165) is 35.0 Å². The summed E-state index contributed by atoms with van der Waals surface area (Å²) in [5, 5.41) is 10.2. The summed E-state index contributed by atoms with van der Waals surface area (Å²) in [5.74, 6) is -0.877. The molecule has 0 bridgehead atoms. The highest BCUT2D eigenvalue weighted by Crippen LogP contribution is 2.40. The number of rotatable bonds is 3. The lowest BCUT2D eigenvalue weighted by molar-refractivity contribution is -0.147. The van der Waals surface area contributed by atoms with Gasteiger partial charge in [0.15, 0.2) is 6.04 Å². The van der Waals surface area contributed by atoms with Crippen molar-refractivity contribution in [2.24, 2.45) is 0 Å². The van der Waals surface area contributed by atoms with Crippen molar-refractivity contribution < 1.29 is 19.4 Å². The van der Waals surface area contributed by atoms with Crippen LogP contribution in [0.3, 0.4) is 0 Å². The predicted molar refractivity (Wildman–Crippen MR) is 91.7 cm³/mol. The molecule has 1 saturated carbocycles. The third kappa shape index (κ3) is 2.98. The molecule has 2 heterocycles. The fraction of sp³-hybridized carbons (Fsp3) is 0.421. The monoisotopic (exact) mass is 340 g/mol. The quantitative estimate of drug-likeness (QED) is 0.928. The van der Waals surface area contributed by atoms with Gasteiger partial charge in [-0.25, -0.2) is 4.79 Å². The van der Waals surface area contributed by atoms with Crippen LogP contribution in [0.15, 0.2) is 24.3 Å². The molecule has 0 spiro atoms. The highest BCUT2D eigenvalue weighted by atomic mass is 16.5. The number of fused-ring (bicyclic) bond motifs is 1. The standard InChI is InChI=1S/C19H20N2O4/c1-11-2-5-15-13(8-11)14(9-16(20-15)12-3-4-12)18(22)21-6-7-25-10-17(21)19(23)24/h2,5,8-9,12,17H,3-4,6-7,10H2,1H3,(H,23,24). The smallest absolute Gasteiger partial charge is 0.328 e. The van der Waals surface area contributed by atoms with E-state index in [9.17, 15) is 14.7 Å². The van der Waals surface area contributed by atoms with Crippen LogP contribution in [0.5, 0.6) is 0 Å². The molecule has 1 aliphatic heterocycles. The van der Waals surface area contributed by atoms with Gasteiger partial charge >= 0.3 is 5.97 Å². The molecule has 1 aromatic heterocycles. The molecule has 1 unspecified atom stereocenters. The second-order valence-corrected chi connectivity index (χ2v) is 6.82. The number of carboxylic acid groups (broad SMARTS) is 1. The summed E-state index contributed by atoms with van der Waals surface area (Å²) in [6.07, 6.45) is 2.18. The van der Waals surface area contributed by atoms with Gasteiger partial charge in [0.25, 0.3) is 5.91 Å². The third-order valence-corrected chi connectivity index (χ3v) is 4.88. The SMILES string of the molecule is Cc1ccc2nc(C3CC3)cc(C(=O)N3CCOCC3C(=O)O)c2c1. The maximum absolute atomic E-state index is 13.2. The maximum Gasteiger partial charge on any atom is 0.328 e. The van der Waals surface area contributed by atoms with Crippen LogP contribution in [-0.4, -0.2) is 52.7 Å². The van der Waals surface area contributed by atoms with E-state index in [1.165, 1.54) is 4.90 Å². The number of amides is 1. The van der Waals surface area contributed by atoms with E-state index in [1.807, 2.05) is 31.2 Å². The minimum absolute atomic E-state index is 0.0264. The van der Waals surface area contributed by atoms with E-state index < -0.39 is 12.0 Å². The first-order chi connectivity index (χ1) is 12.0. The lowest BCUT2D eigenvalue weighted by Crippen LogP contribution is -2.52. The van der Waals surface area contributed by atoms with Crippen LogP contribution in [-0.2, 0) is 9.53 Å². The van der Waals surface area contributed by atoms with Gasteiger partial charge in [-0.05, 0) is 38.0 Å². The van der Waals surface area contributed by atoms with Crippen molar-refractivity contribution in [1.29, 1.82) is 0 Å². The Morgan fingerprint density at radius 1 is 1.28 bits per heavy atom. The maximum atomic E-state index is 13.2. The number of hydrogen-bond acceptors (Lipinski definition) is 4. The van der Waals surface area contributed by atoms with Crippen LogP contribution in [0.25, 0.3) is 10.9 Å². The van der Waals surface area contributed by atoms with Crippen molar-refractivity contribution in [3.63, 3.8) is 0 Å². The van der Waals surface area contributed by atoms with Crippen LogP contribution in [0, 0.1) is 6.92 Å². The zero-order valence-corrected chi connectivity index (χ0v) is 14.1. The molecule has 2 fully saturated rings. The third-order valence-electron chi connectivity index (χ3n) is 4.88. The molecule has 25 heavy (non-hydrogen) atoms. The topological polar surface area (TPSA) is 79.7 Å². The molecule has 1 saturated heterocycles. The number of aryl methyl sites for hydroxylation is 1.